The van der Waals surface area contributed by atoms with Crippen LogP contribution in [-0.4, -0.2) is 30.2 Å². The number of nitrogens with zero attached hydrogens (tertiary/aromatic N) is 1. The van der Waals surface area contributed by atoms with Crippen molar-refractivity contribution in [1.82, 2.24) is 10.5 Å². The summed E-state index contributed by atoms with van der Waals surface area (Å²) in [5.41, 5.74) is 1.13. The SMILES string of the molecule is COC(=O)C(NC(=O)c1cc(COCc2ccccc2)on1)C(C)C. The Morgan fingerprint density at radius 1 is 1.20 bits per heavy atom. The van der Waals surface area contributed by atoms with E-state index in [1.165, 1.54) is 13.2 Å². The van der Waals surface area contributed by atoms with Crippen LogP contribution < -0.4 is 5.32 Å². The van der Waals surface area contributed by atoms with E-state index in [9.17, 15) is 9.59 Å². The lowest BCUT2D eigenvalue weighted by molar-refractivity contribution is -0.144. The molecule has 2 rings (SSSR count). The van der Waals surface area contributed by atoms with Crippen LogP contribution in [0.15, 0.2) is 40.9 Å². The van der Waals surface area contributed by atoms with Gasteiger partial charge in [-0.25, -0.2) is 4.79 Å². The van der Waals surface area contributed by atoms with Crippen molar-refractivity contribution in [2.45, 2.75) is 33.1 Å². The van der Waals surface area contributed by atoms with Gasteiger partial charge in [0.1, 0.15) is 12.6 Å². The Hall–Kier alpha value is -2.67. The Kier molecular flexibility index (Phi) is 6.71. The molecule has 1 unspecified atom stereocenters. The molecule has 134 valence electrons. The maximum atomic E-state index is 12.2. The summed E-state index contributed by atoms with van der Waals surface area (Å²) >= 11 is 0. The van der Waals surface area contributed by atoms with Crippen LogP contribution in [0.4, 0.5) is 0 Å². The summed E-state index contributed by atoms with van der Waals surface area (Å²) < 4.78 is 15.3. The van der Waals surface area contributed by atoms with Gasteiger partial charge in [-0.2, -0.15) is 0 Å². The molecule has 1 N–H and O–H groups in total. The van der Waals surface area contributed by atoms with Gasteiger partial charge in [0.05, 0.1) is 13.7 Å². The second kappa shape index (κ2) is 8.98. The first-order chi connectivity index (χ1) is 12.0. The minimum Gasteiger partial charge on any atom is -0.467 e. The van der Waals surface area contributed by atoms with E-state index in [4.69, 9.17) is 14.0 Å². The van der Waals surface area contributed by atoms with Gasteiger partial charge in [0.25, 0.3) is 5.91 Å². The first-order valence-electron chi connectivity index (χ1n) is 7.97. The van der Waals surface area contributed by atoms with E-state index < -0.39 is 17.9 Å². The van der Waals surface area contributed by atoms with Crippen LogP contribution >= 0.6 is 0 Å². The van der Waals surface area contributed by atoms with Crippen molar-refractivity contribution in [3.8, 4) is 0 Å². The number of hydrogen-bond acceptors (Lipinski definition) is 6. The zero-order chi connectivity index (χ0) is 18.2. The number of amides is 1. The van der Waals surface area contributed by atoms with Gasteiger partial charge in [-0.05, 0) is 11.5 Å². The number of ether oxygens (including phenoxy) is 2. The van der Waals surface area contributed by atoms with Crippen molar-refractivity contribution in [3.63, 3.8) is 0 Å². The van der Waals surface area contributed by atoms with Gasteiger partial charge in [0.2, 0.25) is 0 Å². The molecule has 0 spiro atoms. The summed E-state index contributed by atoms with van der Waals surface area (Å²) in [4.78, 5) is 23.9. The number of hydrogen-bond donors (Lipinski definition) is 1. The van der Waals surface area contributed by atoms with E-state index in [1.54, 1.807) is 0 Å². The number of rotatable bonds is 8. The summed E-state index contributed by atoms with van der Waals surface area (Å²) in [6.45, 7) is 4.25. The predicted molar refractivity (Wildman–Crippen MR) is 89.5 cm³/mol. The smallest absolute Gasteiger partial charge is 0.328 e. The Morgan fingerprint density at radius 2 is 1.92 bits per heavy atom. The zero-order valence-corrected chi connectivity index (χ0v) is 14.5. The van der Waals surface area contributed by atoms with Crippen molar-refractivity contribution in [2.24, 2.45) is 5.92 Å². The Bertz CT molecular complexity index is 697. The maximum absolute atomic E-state index is 12.2. The number of esters is 1. The monoisotopic (exact) mass is 346 g/mol. The molecule has 25 heavy (non-hydrogen) atoms. The molecule has 0 bridgehead atoms. The van der Waals surface area contributed by atoms with E-state index in [2.05, 4.69) is 10.5 Å². The molecule has 1 aromatic carbocycles. The second-order valence-electron chi connectivity index (χ2n) is 5.88. The topological polar surface area (TPSA) is 90.7 Å². The highest BCUT2D eigenvalue weighted by atomic mass is 16.5. The molecular formula is C18H22N2O5. The Labute approximate surface area is 146 Å². The zero-order valence-electron chi connectivity index (χ0n) is 14.5. The minimum atomic E-state index is -0.744. The summed E-state index contributed by atoms with van der Waals surface area (Å²) in [7, 11) is 1.28. The summed E-state index contributed by atoms with van der Waals surface area (Å²) in [6.07, 6.45) is 0. The third-order valence-electron chi connectivity index (χ3n) is 3.56. The molecule has 0 aliphatic heterocycles. The molecule has 0 saturated heterocycles. The van der Waals surface area contributed by atoms with E-state index in [-0.39, 0.29) is 18.2 Å². The van der Waals surface area contributed by atoms with Gasteiger partial charge < -0.3 is 19.3 Å². The number of carbonyl (C=O) groups is 2. The average molecular weight is 346 g/mol. The minimum absolute atomic E-state index is 0.0906. The average Bonchev–Trinajstić information content (AvgIpc) is 3.08. The number of methoxy groups -OCH3 is 1. The second-order valence-corrected chi connectivity index (χ2v) is 5.88. The molecule has 1 amide bonds. The van der Waals surface area contributed by atoms with E-state index in [0.29, 0.717) is 12.4 Å². The molecule has 0 aliphatic rings. The first-order valence-corrected chi connectivity index (χ1v) is 7.97. The summed E-state index contributed by atoms with van der Waals surface area (Å²) in [5.74, 6) is -0.683. The number of benzene rings is 1. The fourth-order valence-electron chi connectivity index (χ4n) is 2.17. The molecule has 7 heteroatoms. The Morgan fingerprint density at radius 3 is 2.56 bits per heavy atom. The third kappa shape index (κ3) is 5.42. The highest BCUT2D eigenvalue weighted by molar-refractivity contribution is 5.95. The summed E-state index contributed by atoms with van der Waals surface area (Å²) in [6, 6.07) is 10.5. The number of aromatic nitrogens is 1. The first kappa shape index (κ1) is 18.7. The van der Waals surface area contributed by atoms with Crippen LogP contribution in [0.1, 0.15) is 35.7 Å². The van der Waals surface area contributed by atoms with Crippen LogP contribution in [0.2, 0.25) is 0 Å². The number of carbonyl (C=O) groups excluding carboxylic acids is 2. The highest BCUT2D eigenvalue weighted by Gasteiger charge is 2.26. The van der Waals surface area contributed by atoms with Crippen molar-refractivity contribution in [1.29, 1.82) is 0 Å². The molecule has 1 aromatic heterocycles. The standard InChI is InChI=1S/C18H22N2O5/c1-12(2)16(18(22)23-3)19-17(21)15-9-14(25-20-15)11-24-10-13-7-5-4-6-8-13/h4-9,12,16H,10-11H2,1-3H3,(H,19,21). The van der Waals surface area contributed by atoms with Crippen molar-refractivity contribution in [2.75, 3.05) is 7.11 Å². The van der Waals surface area contributed by atoms with Crippen molar-refractivity contribution in [3.05, 3.63) is 53.4 Å². The molecule has 7 nitrogen and oxygen atoms in total. The summed E-state index contributed by atoms with van der Waals surface area (Å²) in [5, 5.41) is 6.32. The molecule has 0 saturated carbocycles. The van der Waals surface area contributed by atoms with Crippen molar-refractivity contribution < 1.29 is 23.6 Å². The van der Waals surface area contributed by atoms with Crippen molar-refractivity contribution >= 4 is 11.9 Å². The van der Waals surface area contributed by atoms with Crippen LogP contribution in [0, 0.1) is 5.92 Å². The number of nitrogens with one attached hydrogen (secondary N) is 1. The van der Waals surface area contributed by atoms with E-state index in [0.717, 1.165) is 5.56 Å². The third-order valence-corrected chi connectivity index (χ3v) is 3.56. The molecule has 0 aliphatic carbocycles. The quantitative estimate of drug-likeness (QED) is 0.738. The lowest BCUT2D eigenvalue weighted by Crippen LogP contribution is -2.45. The van der Waals surface area contributed by atoms with E-state index >= 15 is 0 Å². The maximum Gasteiger partial charge on any atom is 0.328 e. The molecule has 0 radical (unpaired) electrons. The molecule has 1 heterocycles. The van der Waals surface area contributed by atoms with Gasteiger partial charge in [-0.1, -0.05) is 49.3 Å². The highest BCUT2D eigenvalue weighted by Crippen LogP contribution is 2.10. The van der Waals surface area contributed by atoms with Gasteiger partial charge in [0.15, 0.2) is 11.5 Å². The predicted octanol–water partition coefficient (Wildman–Crippen LogP) is 2.32. The van der Waals surface area contributed by atoms with Gasteiger partial charge >= 0.3 is 5.97 Å². The molecule has 1 atom stereocenters. The van der Waals surface area contributed by atoms with Gasteiger partial charge in [0, 0.05) is 6.07 Å². The normalized spacial score (nSPS) is 12.0. The van der Waals surface area contributed by atoms with Crippen LogP contribution in [-0.2, 0) is 27.5 Å². The molecular weight excluding hydrogens is 324 g/mol. The Balaban J connectivity index is 1.89. The van der Waals surface area contributed by atoms with Crippen LogP contribution in [0.5, 0.6) is 0 Å². The molecule has 2 aromatic rings. The molecule has 0 fully saturated rings. The van der Waals surface area contributed by atoms with Crippen LogP contribution in [0.3, 0.4) is 0 Å². The lowest BCUT2D eigenvalue weighted by atomic mass is 10.0. The lowest BCUT2D eigenvalue weighted by Gasteiger charge is -2.18. The largest absolute Gasteiger partial charge is 0.467 e. The fourth-order valence-corrected chi connectivity index (χ4v) is 2.17. The fraction of sp³-hybridized carbons (Fsp3) is 0.389. The van der Waals surface area contributed by atoms with Gasteiger partial charge in [-0.15, -0.1) is 0 Å². The van der Waals surface area contributed by atoms with Crippen LogP contribution in [0.25, 0.3) is 0 Å². The van der Waals surface area contributed by atoms with E-state index in [1.807, 2.05) is 44.2 Å². The van der Waals surface area contributed by atoms with Gasteiger partial charge in [-0.3, -0.25) is 4.79 Å².